The Labute approximate surface area is 121 Å². The van der Waals surface area contributed by atoms with Crippen LogP contribution in [0.3, 0.4) is 0 Å². The Hall–Kier alpha value is -1.62. The van der Waals surface area contributed by atoms with Gasteiger partial charge in [-0.2, -0.15) is 0 Å². The number of hydrogen-bond acceptors (Lipinski definition) is 4. The van der Waals surface area contributed by atoms with Gasteiger partial charge in [0.25, 0.3) is 0 Å². The second kappa shape index (κ2) is 7.84. The van der Waals surface area contributed by atoms with Crippen molar-refractivity contribution in [1.29, 1.82) is 0 Å². The van der Waals surface area contributed by atoms with Crippen LogP contribution in [0, 0.1) is 0 Å². The molecule has 5 heteroatoms. The maximum absolute atomic E-state index is 12.0. The van der Waals surface area contributed by atoms with E-state index in [0.717, 1.165) is 12.0 Å². The molecule has 4 nitrogen and oxygen atoms in total. The Bertz CT molecular complexity index is 452. The summed E-state index contributed by atoms with van der Waals surface area (Å²) in [6.45, 7) is 8.26. The van der Waals surface area contributed by atoms with Gasteiger partial charge >= 0.3 is 5.97 Å². The molecule has 0 aliphatic rings. The molecule has 110 valence electrons. The monoisotopic (exact) mass is 293 g/mol. The first-order chi connectivity index (χ1) is 9.42. The summed E-state index contributed by atoms with van der Waals surface area (Å²) >= 11 is 0. The third kappa shape index (κ3) is 6.52. The molecule has 0 heterocycles. The van der Waals surface area contributed by atoms with Gasteiger partial charge in [0.1, 0.15) is 6.61 Å². The first-order valence-corrected chi connectivity index (χ1v) is 10.3. The highest BCUT2D eigenvalue weighted by molar-refractivity contribution is 6.72. The highest BCUT2D eigenvalue weighted by Gasteiger charge is 2.23. The maximum atomic E-state index is 12.0. The van der Waals surface area contributed by atoms with Gasteiger partial charge in [0.05, 0.1) is 0 Å². The van der Waals surface area contributed by atoms with E-state index < -0.39 is 8.32 Å². The van der Waals surface area contributed by atoms with Crippen molar-refractivity contribution in [3.8, 4) is 0 Å². The molecule has 0 radical (unpaired) electrons. The number of carbonyl (C=O) groups is 1. The average molecular weight is 293 g/mol. The van der Waals surface area contributed by atoms with Crippen molar-refractivity contribution in [2.24, 2.45) is 5.16 Å². The summed E-state index contributed by atoms with van der Waals surface area (Å²) < 4.78 is 5.44. The Morgan fingerprint density at radius 3 is 2.40 bits per heavy atom. The summed E-state index contributed by atoms with van der Waals surface area (Å²) in [5.74, 6) is -0.348. The average Bonchev–Trinajstić information content (AvgIpc) is 2.37. The highest BCUT2D eigenvalue weighted by atomic mass is 28.4. The lowest BCUT2D eigenvalue weighted by Crippen LogP contribution is -2.33. The van der Waals surface area contributed by atoms with Crippen molar-refractivity contribution in [2.75, 3.05) is 0 Å². The molecule has 0 amide bonds. The molecule has 1 rings (SSSR count). The van der Waals surface area contributed by atoms with Crippen LogP contribution < -0.4 is 0 Å². The zero-order valence-corrected chi connectivity index (χ0v) is 13.7. The summed E-state index contributed by atoms with van der Waals surface area (Å²) in [6.07, 6.45) is 1.40. The Kier molecular flexibility index (Phi) is 6.44. The summed E-state index contributed by atoms with van der Waals surface area (Å²) in [4.78, 5) is 17.3. The predicted octanol–water partition coefficient (Wildman–Crippen LogP) is 3.74. The van der Waals surface area contributed by atoms with E-state index in [9.17, 15) is 4.79 Å². The second-order valence-corrected chi connectivity index (χ2v) is 9.98. The largest absolute Gasteiger partial charge is 0.515 e. The number of nitrogens with zero attached hydrogens (tertiary/aromatic N) is 1. The lowest BCUT2D eigenvalue weighted by atomic mass is 10.2. The Morgan fingerprint density at radius 1 is 1.20 bits per heavy atom. The summed E-state index contributed by atoms with van der Waals surface area (Å²) in [6, 6.07) is 9.73. The van der Waals surface area contributed by atoms with E-state index >= 15 is 0 Å². The third-order valence-electron chi connectivity index (χ3n) is 2.37. The van der Waals surface area contributed by atoms with Crippen molar-refractivity contribution in [3.63, 3.8) is 0 Å². The summed E-state index contributed by atoms with van der Waals surface area (Å²) in [7, 11) is -1.90. The van der Waals surface area contributed by atoms with Gasteiger partial charge in [0.2, 0.25) is 8.32 Å². The molecule has 0 unspecified atom stereocenters. The molecule has 0 fully saturated rings. The van der Waals surface area contributed by atoms with E-state index in [1.165, 1.54) is 0 Å². The van der Waals surface area contributed by atoms with Crippen LogP contribution in [0.25, 0.3) is 0 Å². The van der Waals surface area contributed by atoms with Crippen LogP contribution in [-0.4, -0.2) is 20.0 Å². The Morgan fingerprint density at radius 2 is 1.85 bits per heavy atom. The number of benzene rings is 1. The fourth-order valence-corrected chi connectivity index (χ4v) is 2.19. The molecule has 1 aromatic rings. The van der Waals surface area contributed by atoms with Gasteiger partial charge in [-0.15, -0.1) is 0 Å². The smallest absolute Gasteiger partial charge is 0.342 e. The molecular weight excluding hydrogens is 270 g/mol. The van der Waals surface area contributed by atoms with Crippen LogP contribution >= 0.6 is 0 Å². The molecule has 0 N–H and O–H groups in total. The molecule has 0 spiro atoms. The third-order valence-corrected chi connectivity index (χ3v) is 3.17. The van der Waals surface area contributed by atoms with Crippen molar-refractivity contribution in [2.45, 2.75) is 46.0 Å². The fraction of sp³-hybridized carbons (Fsp3) is 0.467. The molecule has 0 saturated heterocycles. The van der Waals surface area contributed by atoms with Gasteiger partial charge in [-0.25, -0.2) is 4.79 Å². The van der Waals surface area contributed by atoms with E-state index in [1.807, 2.05) is 56.9 Å². The zero-order chi connectivity index (χ0) is 15.0. The first-order valence-electron chi connectivity index (χ1n) is 6.88. The molecule has 1 aromatic carbocycles. The minimum Gasteiger partial charge on any atom is -0.515 e. The molecular formula is C15H23NO3Si. The molecule has 0 aliphatic carbocycles. The molecule has 0 saturated carbocycles. The SMILES string of the molecule is CCC/C(=N/OCc1ccccc1)C(=O)O[Si](C)(C)C. The van der Waals surface area contributed by atoms with Crippen LogP contribution in [-0.2, 0) is 20.7 Å². The quantitative estimate of drug-likeness (QED) is 0.437. The van der Waals surface area contributed by atoms with E-state index in [4.69, 9.17) is 9.26 Å². The van der Waals surface area contributed by atoms with Gasteiger partial charge < -0.3 is 9.26 Å². The predicted molar refractivity (Wildman–Crippen MR) is 83.0 cm³/mol. The minimum absolute atomic E-state index is 0.348. The van der Waals surface area contributed by atoms with Gasteiger partial charge in [-0.05, 0) is 25.2 Å². The van der Waals surface area contributed by atoms with Crippen LogP contribution in [0.1, 0.15) is 25.3 Å². The minimum atomic E-state index is -1.90. The summed E-state index contributed by atoms with van der Waals surface area (Å²) in [5.41, 5.74) is 1.39. The number of oxime groups is 1. The van der Waals surface area contributed by atoms with Crippen LogP contribution in [0.15, 0.2) is 35.5 Å². The van der Waals surface area contributed by atoms with Crippen molar-refractivity contribution >= 4 is 20.0 Å². The molecule has 0 aliphatic heterocycles. The molecule has 20 heavy (non-hydrogen) atoms. The van der Waals surface area contributed by atoms with Gasteiger partial charge in [0, 0.05) is 6.42 Å². The Balaban J connectivity index is 2.61. The normalized spacial score (nSPS) is 12.1. The topological polar surface area (TPSA) is 47.9 Å². The van der Waals surface area contributed by atoms with Gasteiger partial charge in [-0.1, -0.05) is 48.8 Å². The molecule has 0 bridgehead atoms. The maximum Gasteiger partial charge on any atom is 0.342 e. The number of rotatable bonds is 7. The van der Waals surface area contributed by atoms with Gasteiger partial charge in [0.15, 0.2) is 5.71 Å². The lowest BCUT2D eigenvalue weighted by Gasteiger charge is -2.17. The first kappa shape index (κ1) is 16.4. The van der Waals surface area contributed by atoms with E-state index in [0.29, 0.717) is 18.7 Å². The van der Waals surface area contributed by atoms with Crippen molar-refractivity contribution in [3.05, 3.63) is 35.9 Å². The van der Waals surface area contributed by atoms with Crippen LogP contribution in [0.5, 0.6) is 0 Å². The van der Waals surface area contributed by atoms with Gasteiger partial charge in [-0.3, -0.25) is 0 Å². The fourth-order valence-electron chi connectivity index (χ4n) is 1.52. The highest BCUT2D eigenvalue weighted by Crippen LogP contribution is 2.07. The lowest BCUT2D eigenvalue weighted by molar-refractivity contribution is -0.128. The van der Waals surface area contributed by atoms with E-state index in [1.54, 1.807) is 0 Å². The second-order valence-electron chi connectivity index (χ2n) is 5.55. The number of hydrogen-bond donors (Lipinski definition) is 0. The van der Waals surface area contributed by atoms with Crippen molar-refractivity contribution in [1.82, 2.24) is 0 Å². The zero-order valence-electron chi connectivity index (χ0n) is 12.7. The molecule has 0 aromatic heterocycles. The molecule has 0 atom stereocenters. The summed E-state index contributed by atoms with van der Waals surface area (Å²) in [5, 5.41) is 3.96. The van der Waals surface area contributed by atoms with Crippen molar-refractivity contribution < 1.29 is 14.1 Å². The standard InChI is InChI=1S/C15H23NO3Si/c1-5-9-14(15(17)19-20(2,3)4)16-18-12-13-10-7-6-8-11-13/h6-8,10-11H,5,9,12H2,1-4H3/b16-14-. The van der Waals surface area contributed by atoms with Crippen LogP contribution in [0.2, 0.25) is 19.6 Å². The van der Waals surface area contributed by atoms with E-state index in [2.05, 4.69) is 5.16 Å². The number of carbonyl (C=O) groups excluding carboxylic acids is 1. The van der Waals surface area contributed by atoms with E-state index in [-0.39, 0.29) is 5.97 Å². The van der Waals surface area contributed by atoms with Crippen LogP contribution in [0.4, 0.5) is 0 Å².